The summed E-state index contributed by atoms with van der Waals surface area (Å²) in [6.07, 6.45) is 1.09. The first-order valence-electron chi connectivity index (χ1n) is 7.25. The van der Waals surface area contributed by atoms with Crippen LogP contribution < -0.4 is 5.32 Å². The molecule has 0 radical (unpaired) electrons. The largest absolute Gasteiger partial charge is 0.313 e. The van der Waals surface area contributed by atoms with Gasteiger partial charge in [0.1, 0.15) is 5.82 Å². The van der Waals surface area contributed by atoms with Gasteiger partial charge in [0.2, 0.25) is 0 Å². The second-order valence-electron chi connectivity index (χ2n) is 5.12. The van der Waals surface area contributed by atoms with E-state index in [1.54, 1.807) is 23.5 Å². The number of thiophene rings is 1. The standard InChI is InChI=1S/C18H18FNS/c1-2-9-20-12-14-6-7-15(19)11-17(14)16-5-3-4-13-8-10-21-18(13)16/h3-8,10-11,20H,2,9,12H2,1H3. The molecular formula is C18H18FNS. The summed E-state index contributed by atoms with van der Waals surface area (Å²) in [7, 11) is 0. The molecule has 0 atom stereocenters. The quantitative estimate of drug-likeness (QED) is 0.638. The van der Waals surface area contributed by atoms with E-state index in [0.29, 0.717) is 0 Å². The smallest absolute Gasteiger partial charge is 0.123 e. The summed E-state index contributed by atoms with van der Waals surface area (Å²) in [5, 5.41) is 6.71. The average Bonchev–Trinajstić information content (AvgIpc) is 2.97. The minimum absolute atomic E-state index is 0.183. The van der Waals surface area contributed by atoms with Crippen LogP contribution in [0.5, 0.6) is 0 Å². The summed E-state index contributed by atoms with van der Waals surface area (Å²) in [4.78, 5) is 0. The van der Waals surface area contributed by atoms with E-state index in [-0.39, 0.29) is 5.82 Å². The van der Waals surface area contributed by atoms with Gasteiger partial charge in [-0.05, 0) is 58.6 Å². The molecule has 2 aromatic carbocycles. The molecule has 3 aromatic rings. The predicted octanol–water partition coefficient (Wildman–Crippen LogP) is 5.21. The van der Waals surface area contributed by atoms with Crippen LogP contribution in [0.15, 0.2) is 47.8 Å². The number of benzene rings is 2. The van der Waals surface area contributed by atoms with Crippen molar-refractivity contribution in [2.24, 2.45) is 0 Å². The Morgan fingerprint density at radius 1 is 1.10 bits per heavy atom. The van der Waals surface area contributed by atoms with Crippen LogP contribution in [-0.2, 0) is 6.54 Å². The summed E-state index contributed by atoms with van der Waals surface area (Å²) in [5.74, 6) is -0.183. The van der Waals surface area contributed by atoms with E-state index in [1.807, 2.05) is 12.1 Å². The molecule has 0 unspecified atom stereocenters. The van der Waals surface area contributed by atoms with Crippen LogP contribution in [0.3, 0.4) is 0 Å². The maximum Gasteiger partial charge on any atom is 0.123 e. The zero-order valence-electron chi connectivity index (χ0n) is 12.0. The van der Waals surface area contributed by atoms with Gasteiger partial charge in [0.15, 0.2) is 0 Å². The highest BCUT2D eigenvalue weighted by molar-refractivity contribution is 7.17. The number of fused-ring (bicyclic) bond motifs is 1. The van der Waals surface area contributed by atoms with Crippen LogP contribution in [0.2, 0.25) is 0 Å². The summed E-state index contributed by atoms with van der Waals surface area (Å²) >= 11 is 1.71. The molecule has 1 nitrogen and oxygen atoms in total. The molecule has 21 heavy (non-hydrogen) atoms. The molecule has 0 fully saturated rings. The zero-order chi connectivity index (χ0) is 14.7. The van der Waals surface area contributed by atoms with Gasteiger partial charge < -0.3 is 5.32 Å². The van der Waals surface area contributed by atoms with E-state index in [0.717, 1.165) is 36.2 Å². The normalized spacial score (nSPS) is 11.1. The van der Waals surface area contributed by atoms with Crippen molar-refractivity contribution in [2.45, 2.75) is 19.9 Å². The molecule has 0 spiro atoms. The average molecular weight is 299 g/mol. The van der Waals surface area contributed by atoms with Gasteiger partial charge in [0.05, 0.1) is 0 Å². The van der Waals surface area contributed by atoms with Crippen LogP contribution in [0.1, 0.15) is 18.9 Å². The number of rotatable bonds is 5. The van der Waals surface area contributed by atoms with Crippen molar-refractivity contribution >= 4 is 21.4 Å². The van der Waals surface area contributed by atoms with Crippen molar-refractivity contribution in [3.05, 3.63) is 59.2 Å². The minimum atomic E-state index is -0.183. The highest BCUT2D eigenvalue weighted by Gasteiger charge is 2.10. The van der Waals surface area contributed by atoms with Crippen molar-refractivity contribution in [2.75, 3.05) is 6.54 Å². The fourth-order valence-corrected chi connectivity index (χ4v) is 3.49. The maximum absolute atomic E-state index is 13.7. The van der Waals surface area contributed by atoms with Gasteiger partial charge in [0, 0.05) is 11.2 Å². The second-order valence-corrected chi connectivity index (χ2v) is 6.04. The minimum Gasteiger partial charge on any atom is -0.313 e. The molecule has 0 aliphatic rings. The summed E-state index contributed by atoms with van der Waals surface area (Å²) in [5.41, 5.74) is 3.26. The third-order valence-corrected chi connectivity index (χ3v) is 4.55. The Labute approximate surface area is 128 Å². The lowest BCUT2D eigenvalue weighted by molar-refractivity contribution is 0.625. The molecule has 0 saturated carbocycles. The van der Waals surface area contributed by atoms with Crippen LogP contribution in [-0.4, -0.2) is 6.54 Å². The molecule has 1 heterocycles. The molecule has 0 aliphatic carbocycles. The molecule has 108 valence electrons. The van der Waals surface area contributed by atoms with E-state index in [1.165, 1.54) is 10.1 Å². The first kappa shape index (κ1) is 14.2. The molecule has 3 heteroatoms. The highest BCUT2D eigenvalue weighted by Crippen LogP contribution is 2.34. The molecule has 3 rings (SSSR count). The van der Waals surface area contributed by atoms with Crippen molar-refractivity contribution in [1.29, 1.82) is 0 Å². The number of hydrogen-bond acceptors (Lipinski definition) is 2. The molecule has 1 N–H and O–H groups in total. The molecule has 0 aliphatic heterocycles. The van der Waals surface area contributed by atoms with Gasteiger partial charge in [-0.1, -0.05) is 31.2 Å². The number of hydrogen-bond donors (Lipinski definition) is 1. The molecule has 0 saturated heterocycles. The number of nitrogens with one attached hydrogen (secondary N) is 1. The lowest BCUT2D eigenvalue weighted by Crippen LogP contribution is -2.14. The Balaban J connectivity index is 2.07. The van der Waals surface area contributed by atoms with Crippen LogP contribution >= 0.6 is 11.3 Å². The van der Waals surface area contributed by atoms with Gasteiger partial charge in [-0.15, -0.1) is 11.3 Å². The molecular weight excluding hydrogens is 281 g/mol. The van der Waals surface area contributed by atoms with Gasteiger partial charge >= 0.3 is 0 Å². The Bertz CT molecular complexity index is 748. The number of halogens is 1. The lowest BCUT2D eigenvalue weighted by atomic mass is 9.98. The first-order valence-corrected chi connectivity index (χ1v) is 8.13. The fraction of sp³-hybridized carbons (Fsp3) is 0.222. The third kappa shape index (κ3) is 2.99. The third-order valence-electron chi connectivity index (χ3n) is 3.58. The zero-order valence-corrected chi connectivity index (χ0v) is 12.8. The van der Waals surface area contributed by atoms with Crippen molar-refractivity contribution in [3.63, 3.8) is 0 Å². The Hall–Kier alpha value is -1.71. The highest BCUT2D eigenvalue weighted by atomic mass is 32.1. The van der Waals surface area contributed by atoms with Crippen molar-refractivity contribution < 1.29 is 4.39 Å². The van der Waals surface area contributed by atoms with Crippen LogP contribution in [0, 0.1) is 5.82 Å². The van der Waals surface area contributed by atoms with Gasteiger partial charge in [-0.3, -0.25) is 0 Å². The molecule has 0 bridgehead atoms. The summed E-state index contributed by atoms with van der Waals surface area (Å²) in [6, 6.07) is 13.4. The van der Waals surface area contributed by atoms with Crippen molar-refractivity contribution in [3.8, 4) is 11.1 Å². The maximum atomic E-state index is 13.7. The Kier molecular flexibility index (Phi) is 4.32. The summed E-state index contributed by atoms with van der Waals surface area (Å²) < 4.78 is 15.0. The van der Waals surface area contributed by atoms with E-state index in [4.69, 9.17) is 0 Å². The topological polar surface area (TPSA) is 12.0 Å². The van der Waals surface area contributed by atoms with Gasteiger partial charge in [-0.25, -0.2) is 4.39 Å². The van der Waals surface area contributed by atoms with Crippen molar-refractivity contribution in [1.82, 2.24) is 5.32 Å². The SMILES string of the molecule is CCCNCc1ccc(F)cc1-c1cccc2ccsc12. The van der Waals surface area contributed by atoms with E-state index in [9.17, 15) is 4.39 Å². The van der Waals surface area contributed by atoms with Gasteiger partial charge in [0.25, 0.3) is 0 Å². The Morgan fingerprint density at radius 3 is 2.86 bits per heavy atom. The van der Waals surface area contributed by atoms with E-state index in [2.05, 4.69) is 35.8 Å². The van der Waals surface area contributed by atoms with E-state index < -0.39 is 0 Å². The van der Waals surface area contributed by atoms with Crippen LogP contribution in [0.4, 0.5) is 4.39 Å². The monoisotopic (exact) mass is 299 g/mol. The second kappa shape index (κ2) is 6.37. The molecule has 0 amide bonds. The Morgan fingerprint density at radius 2 is 2.00 bits per heavy atom. The first-order chi connectivity index (χ1) is 10.3. The molecule has 1 aromatic heterocycles. The predicted molar refractivity (Wildman–Crippen MR) is 89.2 cm³/mol. The fourth-order valence-electron chi connectivity index (χ4n) is 2.56. The van der Waals surface area contributed by atoms with Gasteiger partial charge in [-0.2, -0.15) is 0 Å². The lowest BCUT2D eigenvalue weighted by Gasteiger charge is -2.12. The van der Waals surface area contributed by atoms with E-state index >= 15 is 0 Å². The summed E-state index contributed by atoms with van der Waals surface area (Å²) in [6.45, 7) is 3.89. The van der Waals surface area contributed by atoms with Crippen LogP contribution in [0.25, 0.3) is 21.2 Å².